The van der Waals surface area contributed by atoms with Crippen molar-refractivity contribution in [3.63, 3.8) is 0 Å². The molecule has 208 valence electrons. The Morgan fingerprint density at radius 2 is 1.71 bits per heavy atom. The van der Waals surface area contributed by atoms with Gasteiger partial charge in [0.1, 0.15) is 18.1 Å². The Hall–Kier alpha value is -3.63. The summed E-state index contributed by atoms with van der Waals surface area (Å²) in [6.45, 7) is 4.04. The Balaban J connectivity index is 0.000000757. The zero-order valence-electron chi connectivity index (χ0n) is 21.9. The summed E-state index contributed by atoms with van der Waals surface area (Å²) in [6.07, 6.45) is 7.23. The van der Waals surface area contributed by atoms with E-state index in [-0.39, 0.29) is 18.6 Å². The second-order valence-electron chi connectivity index (χ2n) is 9.44. The molecular weight excluding hydrogens is 492 g/mol. The normalized spacial score (nSPS) is 15.9. The fourth-order valence-electron chi connectivity index (χ4n) is 4.05. The van der Waals surface area contributed by atoms with Gasteiger partial charge in [-0.1, -0.05) is 44.0 Å². The molecule has 0 fully saturated rings. The van der Waals surface area contributed by atoms with E-state index in [9.17, 15) is 9.90 Å². The van der Waals surface area contributed by atoms with E-state index in [1.54, 1.807) is 6.92 Å². The van der Waals surface area contributed by atoms with Gasteiger partial charge in [-0.05, 0) is 74.4 Å². The van der Waals surface area contributed by atoms with Gasteiger partial charge in [-0.25, -0.2) is 9.59 Å². The third-order valence-electron chi connectivity index (χ3n) is 5.89. The summed E-state index contributed by atoms with van der Waals surface area (Å²) in [4.78, 5) is 35.6. The van der Waals surface area contributed by atoms with Crippen LogP contribution in [0.2, 0.25) is 0 Å². The number of fused-ring (bicyclic) bond motifs is 1. The number of carbonyl (C=O) groups excluding carboxylic acids is 1. The fraction of sp³-hybridized carbons (Fsp3) is 0.464. The lowest BCUT2D eigenvalue weighted by atomic mass is 10.0. The van der Waals surface area contributed by atoms with E-state index >= 15 is 0 Å². The average molecular weight is 531 g/mol. The summed E-state index contributed by atoms with van der Waals surface area (Å²) in [5.41, 5.74) is 3.89. The largest absolute Gasteiger partial charge is 0.489 e. The number of hydrogen-bond acceptors (Lipinski definition) is 7. The number of aryl methyl sites for hydroxylation is 1. The van der Waals surface area contributed by atoms with Crippen molar-refractivity contribution < 1.29 is 39.3 Å². The van der Waals surface area contributed by atoms with Gasteiger partial charge in [-0.15, -0.1) is 0 Å². The number of aliphatic hydroxyl groups is 1. The van der Waals surface area contributed by atoms with Crippen molar-refractivity contribution in [3.8, 4) is 11.5 Å². The number of benzene rings is 2. The number of aliphatic carboxylic acids is 2. The van der Waals surface area contributed by atoms with Crippen molar-refractivity contribution in [2.75, 3.05) is 6.61 Å². The summed E-state index contributed by atoms with van der Waals surface area (Å²) in [7, 11) is 0. The molecule has 0 bridgehead atoms. The molecule has 1 aliphatic rings. The van der Waals surface area contributed by atoms with E-state index in [1.807, 2.05) is 42.5 Å². The Morgan fingerprint density at radius 3 is 2.37 bits per heavy atom. The number of carboxylic acid groups (broad SMARTS) is 2. The molecule has 38 heavy (non-hydrogen) atoms. The van der Waals surface area contributed by atoms with Crippen LogP contribution in [-0.2, 0) is 27.2 Å². The van der Waals surface area contributed by atoms with E-state index in [0.717, 1.165) is 50.7 Å². The van der Waals surface area contributed by atoms with Crippen LogP contribution >= 0.6 is 0 Å². The van der Waals surface area contributed by atoms with Crippen molar-refractivity contribution in [2.45, 2.75) is 77.0 Å². The lowest BCUT2D eigenvalue weighted by Crippen LogP contribution is -2.52. The van der Waals surface area contributed by atoms with Gasteiger partial charge in [-0.3, -0.25) is 10.1 Å². The van der Waals surface area contributed by atoms with Crippen LogP contribution in [0.15, 0.2) is 48.5 Å². The number of carboxylic acids is 2. The van der Waals surface area contributed by atoms with Crippen molar-refractivity contribution in [1.82, 2.24) is 10.8 Å². The molecule has 0 heterocycles. The number of nitrogens with one attached hydrogen (secondary N) is 2. The molecule has 2 aromatic carbocycles. The van der Waals surface area contributed by atoms with E-state index in [0.29, 0.717) is 12.2 Å². The van der Waals surface area contributed by atoms with Crippen molar-refractivity contribution in [3.05, 3.63) is 59.7 Å². The minimum atomic E-state index is -1.82. The predicted octanol–water partition coefficient (Wildman–Crippen LogP) is 3.46. The minimum absolute atomic E-state index is 0.0855. The topological polar surface area (TPSA) is 154 Å². The number of carbonyl (C=O) groups is 3. The number of ether oxygens (including phenoxy) is 1. The number of rotatable bonds is 11. The molecule has 2 aromatic rings. The summed E-state index contributed by atoms with van der Waals surface area (Å²) in [5, 5.41) is 29.0. The van der Waals surface area contributed by atoms with Crippen LogP contribution < -0.4 is 20.4 Å². The fourth-order valence-corrected chi connectivity index (χ4v) is 4.05. The lowest BCUT2D eigenvalue weighted by molar-refractivity contribution is -0.159. The molecule has 0 saturated heterocycles. The van der Waals surface area contributed by atoms with Gasteiger partial charge in [0.25, 0.3) is 5.91 Å². The van der Waals surface area contributed by atoms with Crippen LogP contribution in [0.4, 0.5) is 0 Å². The first-order valence-electron chi connectivity index (χ1n) is 12.8. The summed E-state index contributed by atoms with van der Waals surface area (Å²) in [6, 6.07) is 15.6. The molecule has 0 aliphatic heterocycles. The maximum atomic E-state index is 11.9. The zero-order valence-corrected chi connectivity index (χ0v) is 21.9. The van der Waals surface area contributed by atoms with Crippen LogP contribution in [0.25, 0.3) is 0 Å². The number of hydrogen-bond donors (Lipinski definition) is 5. The molecular formula is C28H38N2O8. The first-order chi connectivity index (χ1) is 18.1. The van der Waals surface area contributed by atoms with Gasteiger partial charge < -0.3 is 24.9 Å². The molecule has 1 amide bonds. The molecule has 1 aliphatic carbocycles. The molecule has 0 aromatic heterocycles. The molecule has 2 unspecified atom stereocenters. The summed E-state index contributed by atoms with van der Waals surface area (Å²) in [5.74, 6) is -2.34. The molecule has 10 nitrogen and oxygen atoms in total. The molecule has 2 atom stereocenters. The van der Waals surface area contributed by atoms with Gasteiger partial charge in [0, 0.05) is 12.5 Å². The molecule has 0 spiro atoms. The van der Waals surface area contributed by atoms with Gasteiger partial charge in [-0.2, -0.15) is 5.48 Å². The quantitative estimate of drug-likeness (QED) is 0.0966. The standard InChI is InChI=1S/C26H36N2O4.C2H2O4/c1-3-4-6-14-25(29)28-32-24-16-15-21-17-22(11-9-10-20(21)18-24)27-26(2,30)19-31-23-12-7-5-8-13-23;3-1(4)2(5)6/h5,7-8,12-13,15-16,18,22,27,30H,3-4,6,9-11,14,17,19H2,1-2H3,(H,28,29);(H,3,4)(H,5,6). The highest BCUT2D eigenvalue weighted by Crippen LogP contribution is 2.26. The second-order valence-corrected chi connectivity index (χ2v) is 9.44. The number of para-hydroxylation sites is 1. The first-order valence-corrected chi connectivity index (χ1v) is 12.8. The highest BCUT2D eigenvalue weighted by Gasteiger charge is 2.27. The Labute approximate surface area is 222 Å². The van der Waals surface area contributed by atoms with E-state index in [1.165, 1.54) is 11.1 Å². The molecule has 0 radical (unpaired) electrons. The number of amides is 1. The Bertz CT molecular complexity index is 1030. The Kier molecular flexibility index (Phi) is 12.5. The first kappa shape index (κ1) is 30.6. The maximum Gasteiger partial charge on any atom is 0.414 e. The van der Waals surface area contributed by atoms with Crippen molar-refractivity contribution in [2.24, 2.45) is 0 Å². The highest BCUT2D eigenvalue weighted by molar-refractivity contribution is 6.27. The monoisotopic (exact) mass is 530 g/mol. The second kappa shape index (κ2) is 15.6. The number of unbranched alkanes of at least 4 members (excludes halogenated alkanes) is 2. The van der Waals surface area contributed by atoms with Gasteiger partial charge >= 0.3 is 11.9 Å². The van der Waals surface area contributed by atoms with Crippen LogP contribution in [0.3, 0.4) is 0 Å². The predicted molar refractivity (Wildman–Crippen MR) is 141 cm³/mol. The van der Waals surface area contributed by atoms with Crippen molar-refractivity contribution >= 4 is 17.8 Å². The Morgan fingerprint density at radius 1 is 1.00 bits per heavy atom. The SMILES string of the molecule is CCCCCC(=O)NOc1ccc2c(c1)CCCC(NC(C)(O)COc1ccccc1)C2.O=C(O)C(=O)O. The van der Waals surface area contributed by atoms with E-state index in [4.69, 9.17) is 29.4 Å². The summed E-state index contributed by atoms with van der Waals surface area (Å²) < 4.78 is 5.74. The number of hydroxylamine groups is 1. The lowest BCUT2D eigenvalue weighted by Gasteiger charge is -2.30. The zero-order chi connectivity index (χ0) is 28.0. The minimum Gasteiger partial charge on any atom is -0.489 e. The van der Waals surface area contributed by atoms with E-state index < -0.39 is 17.7 Å². The molecule has 5 N–H and O–H groups in total. The van der Waals surface area contributed by atoms with Crippen LogP contribution in [0.5, 0.6) is 11.5 Å². The van der Waals surface area contributed by atoms with Crippen molar-refractivity contribution in [1.29, 1.82) is 0 Å². The van der Waals surface area contributed by atoms with Gasteiger partial charge in [0.05, 0.1) is 0 Å². The maximum absolute atomic E-state index is 11.9. The van der Waals surface area contributed by atoms with Crippen LogP contribution in [0.1, 0.15) is 63.5 Å². The van der Waals surface area contributed by atoms with Gasteiger partial charge in [0.2, 0.25) is 0 Å². The molecule has 10 heteroatoms. The smallest absolute Gasteiger partial charge is 0.414 e. The highest BCUT2D eigenvalue weighted by atomic mass is 16.7. The van der Waals surface area contributed by atoms with Crippen LogP contribution in [0, 0.1) is 0 Å². The van der Waals surface area contributed by atoms with Gasteiger partial charge in [0.15, 0.2) is 5.75 Å². The summed E-state index contributed by atoms with van der Waals surface area (Å²) >= 11 is 0. The molecule has 3 rings (SSSR count). The third-order valence-corrected chi connectivity index (χ3v) is 5.89. The van der Waals surface area contributed by atoms with E-state index in [2.05, 4.69) is 23.8 Å². The van der Waals surface area contributed by atoms with Crippen LogP contribution in [-0.4, -0.2) is 51.5 Å². The average Bonchev–Trinajstić information content (AvgIpc) is 3.08. The third kappa shape index (κ3) is 11.6. The molecule has 0 saturated carbocycles.